The van der Waals surface area contributed by atoms with E-state index in [4.69, 9.17) is 10.5 Å². The maximum atomic E-state index is 5.79. The summed E-state index contributed by atoms with van der Waals surface area (Å²) in [6.07, 6.45) is 0. The first-order chi connectivity index (χ1) is 7.49. The number of pyridine rings is 1. The minimum absolute atomic E-state index is 0.342. The first-order valence-electron chi connectivity index (χ1n) is 5.65. The third-order valence-corrected chi connectivity index (χ3v) is 1.88. The minimum Gasteiger partial charge on any atom is -0.476 e. The van der Waals surface area contributed by atoms with E-state index in [1.165, 1.54) is 0 Å². The van der Waals surface area contributed by atoms with Crippen LogP contribution < -0.4 is 15.8 Å². The molecule has 90 valence electrons. The lowest BCUT2D eigenvalue weighted by molar-refractivity contribution is 0.263. The van der Waals surface area contributed by atoms with Crippen molar-refractivity contribution >= 4 is 11.5 Å². The molecule has 1 rings (SSSR count). The van der Waals surface area contributed by atoms with Crippen LogP contribution in [0.25, 0.3) is 0 Å². The number of nitrogens with one attached hydrogen (secondary N) is 1. The number of nitrogens with two attached hydrogens (primary N) is 1. The summed E-state index contributed by atoms with van der Waals surface area (Å²) in [6, 6.07) is 4.01. The van der Waals surface area contributed by atoms with Crippen LogP contribution in [0, 0.1) is 5.92 Å². The molecule has 1 aromatic rings. The number of anilines is 2. The van der Waals surface area contributed by atoms with Crippen molar-refractivity contribution in [2.75, 3.05) is 17.7 Å². The van der Waals surface area contributed by atoms with E-state index in [9.17, 15) is 0 Å². The van der Waals surface area contributed by atoms with E-state index in [2.05, 4.69) is 38.0 Å². The molecule has 1 heterocycles. The van der Waals surface area contributed by atoms with Crippen LogP contribution in [0.3, 0.4) is 0 Å². The normalized spacial score (nSPS) is 10.9. The molecule has 0 aliphatic heterocycles. The topological polar surface area (TPSA) is 60.2 Å². The number of nitrogen functional groups attached to an aromatic ring is 1. The average molecular weight is 223 g/mol. The van der Waals surface area contributed by atoms with E-state index < -0.39 is 0 Å². The van der Waals surface area contributed by atoms with Crippen molar-refractivity contribution in [3.05, 3.63) is 12.1 Å². The van der Waals surface area contributed by atoms with E-state index in [0.717, 1.165) is 5.82 Å². The van der Waals surface area contributed by atoms with E-state index in [1.807, 2.05) is 12.1 Å². The Kier molecular flexibility index (Phi) is 4.40. The Morgan fingerprint density at radius 1 is 1.31 bits per heavy atom. The van der Waals surface area contributed by atoms with Crippen LogP contribution in [0.15, 0.2) is 12.1 Å². The van der Waals surface area contributed by atoms with Gasteiger partial charge in [-0.1, -0.05) is 13.8 Å². The van der Waals surface area contributed by atoms with E-state index in [0.29, 0.717) is 30.1 Å². The predicted molar refractivity (Wildman–Crippen MR) is 67.7 cm³/mol. The van der Waals surface area contributed by atoms with Gasteiger partial charge < -0.3 is 15.8 Å². The molecular formula is C12H21N3O. The molecule has 0 saturated heterocycles. The monoisotopic (exact) mass is 223 g/mol. The second-order valence-corrected chi connectivity index (χ2v) is 4.59. The van der Waals surface area contributed by atoms with Crippen LogP contribution in [-0.2, 0) is 0 Å². The van der Waals surface area contributed by atoms with Gasteiger partial charge in [-0.25, -0.2) is 0 Å². The van der Waals surface area contributed by atoms with E-state index in [-0.39, 0.29) is 0 Å². The van der Waals surface area contributed by atoms with Gasteiger partial charge in [0, 0.05) is 6.04 Å². The Balaban J connectivity index is 2.74. The second-order valence-electron chi connectivity index (χ2n) is 4.59. The Morgan fingerprint density at radius 2 is 2.00 bits per heavy atom. The van der Waals surface area contributed by atoms with Crippen LogP contribution in [0.4, 0.5) is 11.5 Å². The minimum atomic E-state index is 0.342. The zero-order valence-corrected chi connectivity index (χ0v) is 10.4. The largest absolute Gasteiger partial charge is 0.476 e. The van der Waals surface area contributed by atoms with Crippen molar-refractivity contribution in [2.24, 2.45) is 5.92 Å². The Morgan fingerprint density at radius 3 is 2.56 bits per heavy atom. The molecule has 0 aliphatic carbocycles. The highest BCUT2D eigenvalue weighted by Crippen LogP contribution is 2.21. The second kappa shape index (κ2) is 5.58. The molecule has 16 heavy (non-hydrogen) atoms. The Bertz CT molecular complexity index is 337. The molecule has 0 amide bonds. The summed E-state index contributed by atoms with van der Waals surface area (Å²) in [5.74, 6) is 1.77. The van der Waals surface area contributed by atoms with Gasteiger partial charge in [0.2, 0.25) is 5.88 Å². The third-order valence-electron chi connectivity index (χ3n) is 1.88. The average Bonchev–Trinajstić information content (AvgIpc) is 2.18. The zero-order valence-electron chi connectivity index (χ0n) is 10.4. The number of hydrogen-bond donors (Lipinski definition) is 2. The highest BCUT2D eigenvalue weighted by Gasteiger charge is 2.06. The van der Waals surface area contributed by atoms with Crippen LogP contribution in [-0.4, -0.2) is 17.6 Å². The quantitative estimate of drug-likeness (QED) is 0.805. The lowest BCUT2D eigenvalue weighted by Gasteiger charge is -2.13. The van der Waals surface area contributed by atoms with Crippen LogP contribution >= 0.6 is 0 Å². The van der Waals surface area contributed by atoms with E-state index >= 15 is 0 Å². The number of nitrogens with zero attached hydrogens (tertiary/aromatic N) is 1. The maximum absolute atomic E-state index is 5.79. The van der Waals surface area contributed by atoms with Gasteiger partial charge in [-0.2, -0.15) is 4.98 Å². The molecule has 0 spiro atoms. The standard InChI is InChI=1S/C12H21N3O/c1-8(2)7-16-12-10(13)5-6-11(15-12)14-9(3)4/h5-6,8-9H,7,13H2,1-4H3,(H,14,15). The summed E-state index contributed by atoms with van der Waals surface area (Å²) in [4.78, 5) is 4.33. The lowest BCUT2D eigenvalue weighted by atomic mass is 10.2. The Hall–Kier alpha value is -1.45. The fraction of sp³-hybridized carbons (Fsp3) is 0.583. The van der Waals surface area contributed by atoms with Crippen molar-refractivity contribution in [3.8, 4) is 5.88 Å². The van der Waals surface area contributed by atoms with Crippen molar-refractivity contribution in [2.45, 2.75) is 33.7 Å². The molecule has 0 radical (unpaired) electrons. The fourth-order valence-corrected chi connectivity index (χ4v) is 1.19. The molecule has 3 N–H and O–H groups in total. The van der Waals surface area contributed by atoms with Crippen molar-refractivity contribution in [1.82, 2.24) is 4.98 Å². The van der Waals surface area contributed by atoms with Crippen LogP contribution in [0.5, 0.6) is 5.88 Å². The van der Waals surface area contributed by atoms with Crippen molar-refractivity contribution in [1.29, 1.82) is 0 Å². The molecule has 1 aromatic heterocycles. The van der Waals surface area contributed by atoms with Gasteiger partial charge in [-0.3, -0.25) is 0 Å². The van der Waals surface area contributed by atoms with Gasteiger partial charge in [-0.05, 0) is 31.9 Å². The summed E-state index contributed by atoms with van der Waals surface area (Å²) in [6.45, 7) is 8.93. The SMILES string of the molecule is CC(C)COc1nc(NC(C)C)ccc1N. The third kappa shape index (κ3) is 3.96. The van der Waals surface area contributed by atoms with Crippen molar-refractivity contribution in [3.63, 3.8) is 0 Å². The number of aromatic nitrogens is 1. The van der Waals surface area contributed by atoms with Crippen molar-refractivity contribution < 1.29 is 4.74 Å². The summed E-state index contributed by atoms with van der Waals surface area (Å²) < 4.78 is 5.54. The molecule has 0 aromatic carbocycles. The molecule has 4 heteroatoms. The first kappa shape index (κ1) is 12.6. The van der Waals surface area contributed by atoms with Gasteiger partial charge in [0.1, 0.15) is 5.82 Å². The zero-order chi connectivity index (χ0) is 12.1. The van der Waals surface area contributed by atoms with Gasteiger partial charge in [0.25, 0.3) is 0 Å². The molecule has 0 unspecified atom stereocenters. The van der Waals surface area contributed by atoms with E-state index in [1.54, 1.807) is 0 Å². The van der Waals surface area contributed by atoms with Gasteiger partial charge in [0.15, 0.2) is 0 Å². The number of rotatable bonds is 5. The smallest absolute Gasteiger partial charge is 0.239 e. The predicted octanol–water partition coefficient (Wildman–Crippen LogP) is 2.52. The molecule has 0 atom stereocenters. The highest BCUT2D eigenvalue weighted by atomic mass is 16.5. The first-order valence-corrected chi connectivity index (χ1v) is 5.65. The molecular weight excluding hydrogens is 202 g/mol. The number of ether oxygens (including phenoxy) is 1. The van der Waals surface area contributed by atoms with Crippen LogP contribution in [0.1, 0.15) is 27.7 Å². The molecule has 0 aliphatic rings. The summed E-state index contributed by atoms with van der Waals surface area (Å²) in [5.41, 5.74) is 6.37. The summed E-state index contributed by atoms with van der Waals surface area (Å²) in [7, 11) is 0. The van der Waals surface area contributed by atoms with Gasteiger partial charge in [0.05, 0.1) is 12.3 Å². The summed E-state index contributed by atoms with van der Waals surface area (Å²) in [5, 5.41) is 3.21. The highest BCUT2D eigenvalue weighted by molar-refractivity contribution is 5.53. The fourth-order valence-electron chi connectivity index (χ4n) is 1.19. The number of hydrogen-bond acceptors (Lipinski definition) is 4. The molecule has 0 saturated carbocycles. The summed E-state index contributed by atoms with van der Waals surface area (Å²) >= 11 is 0. The van der Waals surface area contributed by atoms with Gasteiger partial charge >= 0.3 is 0 Å². The maximum Gasteiger partial charge on any atom is 0.239 e. The molecule has 0 fully saturated rings. The lowest BCUT2D eigenvalue weighted by Crippen LogP contribution is -2.13. The molecule has 0 bridgehead atoms. The van der Waals surface area contributed by atoms with Gasteiger partial charge in [-0.15, -0.1) is 0 Å². The molecule has 4 nitrogen and oxygen atoms in total. The van der Waals surface area contributed by atoms with Crippen LogP contribution in [0.2, 0.25) is 0 Å². The Labute approximate surface area is 97.2 Å².